The van der Waals surface area contributed by atoms with Gasteiger partial charge in [0, 0.05) is 47.4 Å². The maximum absolute atomic E-state index is 5.84. The fraction of sp³-hybridized carbons (Fsp3) is 0.440. The van der Waals surface area contributed by atoms with Crippen LogP contribution in [-0.2, 0) is 6.42 Å². The Bertz CT molecular complexity index is 1090. The topological polar surface area (TPSA) is 40.7 Å². The molecule has 0 spiro atoms. The highest BCUT2D eigenvalue weighted by molar-refractivity contribution is 5.85. The van der Waals surface area contributed by atoms with E-state index in [1.165, 1.54) is 47.0 Å². The van der Waals surface area contributed by atoms with E-state index >= 15 is 0 Å². The van der Waals surface area contributed by atoms with Crippen molar-refractivity contribution in [3.63, 3.8) is 0 Å². The van der Waals surface area contributed by atoms with Crippen LogP contribution >= 0.6 is 0 Å². The lowest BCUT2D eigenvalue weighted by molar-refractivity contribution is 0.0953. The number of hydrogen-bond donors (Lipinski definition) is 1. The molecular formula is C25H29N3O2. The van der Waals surface area contributed by atoms with Crippen molar-refractivity contribution < 1.29 is 9.47 Å². The lowest BCUT2D eigenvalue weighted by atomic mass is 9.90. The van der Waals surface area contributed by atoms with Crippen LogP contribution < -0.4 is 9.47 Å². The smallest absolute Gasteiger partial charge is 0.128 e. The van der Waals surface area contributed by atoms with Gasteiger partial charge in [0.2, 0.25) is 0 Å². The zero-order chi connectivity index (χ0) is 20.2. The fourth-order valence-corrected chi connectivity index (χ4v) is 6.18. The van der Waals surface area contributed by atoms with Crippen molar-refractivity contribution in [1.82, 2.24) is 14.8 Å². The van der Waals surface area contributed by atoms with Crippen molar-refractivity contribution in [2.45, 2.75) is 43.9 Å². The molecule has 2 aromatic carbocycles. The van der Waals surface area contributed by atoms with Gasteiger partial charge in [-0.25, -0.2) is 0 Å². The summed E-state index contributed by atoms with van der Waals surface area (Å²) in [7, 11) is 3.48. The van der Waals surface area contributed by atoms with Gasteiger partial charge in [-0.1, -0.05) is 24.6 Å². The van der Waals surface area contributed by atoms with Crippen LogP contribution in [-0.4, -0.2) is 48.1 Å². The first-order valence-corrected chi connectivity index (χ1v) is 11.1. The molecular weight excluding hydrogens is 374 g/mol. The Morgan fingerprint density at radius 2 is 1.87 bits per heavy atom. The van der Waals surface area contributed by atoms with E-state index in [0.29, 0.717) is 12.1 Å². The van der Waals surface area contributed by atoms with Gasteiger partial charge >= 0.3 is 0 Å². The number of benzene rings is 2. The molecule has 0 radical (unpaired) electrons. The molecule has 0 saturated carbocycles. The molecule has 3 aromatic rings. The number of nitrogens with one attached hydrogen (secondary N) is 1. The number of nitrogens with zero attached hydrogens (tertiary/aromatic N) is 2. The van der Waals surface area contributed by atoms with Crippen LogP contribution in [0.1, 0.15) is 48.3 Å². The number of aromatic amines is 1. The molecule has 2 fully saturated rings. The lowest BCUT2D eigenvalue weighted by Crippen LogP contribution is -2.38. The largest absolute Gasteiger partial charge is 0.497 e. The standard InChI is InChI=1S/C25H29N3O2/c1-29-16-10-11-19(22(15-16)30-2)25-27-13-6-5-9-21(27)24-23-18(12-14-28(24)25)17-7-3-4-8-20(17)26-23/h3-4,7-8,10-11,15,21,24-26H,5-6,9,12-14H2,1-2H3/t21-,24+,25+/m1/s1. The Hall–Kier alpha value is -2.50. The fourth-order valence-electron chi connectivity index (χ4n) is 6.18. The van der Waals surface area contributed by atoms with Gasteiger partial charge in [0.25, 0.3) is 0 Å². The van der Waals surface area contributed by atoms with E-state index in [-0.39, 0.29) is 6.17 Å². The van der Waals surface area contributed by atoms with E-state index in [9.17, 15) is 0 Å². The Morgan fingerprint density at radius 3 is 2.73 bits per heavy atom. The Kier molecular flexibility index (Phi) is 4.29. The molecule has 0 bridgehead atoms. The highest BCUT2D eigenvalue weighted by atomic mass is 16.5. The van der Waals surface area contributed by atoms with Crippen LogP contribution in [0.15, 0.2) is 42.5 Å². The molecule has 0 amide bonds. The zero-order valence-electron chi connectivity index (χ0n) is 17.7. The van der Waals surface area contributed by atoms with Gasteiger partial charge in [-0.2, -0.15) is 0 Å². The van der Waals surface area contributed by atoms with Crippen molar-refractivity contribution in [3.8, 4) is 11.5 Å². The van der Waals surface area contributed by atoms with Crippen LogP contribution in [0.5, 0.6) is 11.5 Å². The first-order chi connectivity index (χ1) is 14.8. The third-order valence-corrected chi connectivity index (χ3v) is 7.42. The molecule has 0 unspecified atom stereocenters. The van der Waals surface area contributed by atoms with Crippen LogP contribution in [0.3, 0.4) is 0 Å². The minimum absolute atomic E-state index is 0.251. The number of hydrogen-bond acceptors (Lipinski definition) is 4. The third kappa shape index (κ3) is 2.55. The monoisotopic (exact) mass is 403 g/mol. The van der Waals surface area contributed by atoms with Gasteiger partial charge in [0.15, 0.2) is 0 Å². The van der Waals surface area contributed by atoms with E-state index in [1.54, 1.807) is 14.2 Å². The summed E-state index contributed by atoms with van der Waals surface area (Å²) in [5, 5.41) is 1.40. The maximum Gasteiger partial charge on any atom is 0.128 e. The average molecular weight is 404 g/mol. The number of rotatable bonds is 3. The van der Waals surface area contributed by atoms with E-state index in [1.807, 2.05) is 6.07 Å². The van der Waals surface area contributed by atoms with Crippen LogP contribution in [0.25, 0.3) is 10.9 Å². The van der Waals surface area contributed by atoms with Crippen molar-refractivity contribution in [2.24, 2.45) is 0 Å². The lowest BCUT2D eigenvalue weighted by Gasteiger charge is -2.35. The summed E-state index contributed by atoms with van der Waals surface area (Å²) >= 11 is 0. The van der Waals surface area contributed by atoms with Crippen molar-refractivity contribution in [3.05, 3.63) is 59.3 Å². The first-order valence-electron chi connectivity index (χ1n) is 11.1. The second-order valence-corrected chi connectivity index (χ2v) is 8.78. The summed E-state index contributed by atoms with van der Waals surface area (Å²) in [6.07, 6.45) is 5.18. The van der Waals surface area contributed by atoms with Gasteiger partial charge < -0.3 is 14.5 Å². The van der Waals surface area contributed by atoms with Crippen LogP contribution in [0, 0.1) is 0 Å². The van der Waals surface area contributed by atoms with Crippen molar-refractivity contribution >= 4 is 10.9 Å². The molecule has 156 valence electrons. The molecule has 3 aliphatic heterocycles. The molecule has 3 atom stereocenters. The molecule has 30 heavy (non-hydrogen) atoms. The second-order valence-electron chi connectivity index (χ2n) is 8.78. The molecule has 2 saturated heterocycles. The Balaban J connectivity index is 1.49. The van der Waals surface area contributed by atoms with Gasteiger partial charge in [0.1, 0.15) is 11.5 Å². The zero-order valence-corrected chi connectivity index (χ0v) is 17.7. The predicted octanol–water partition coefficient (Wildman–Crippen LogP) is 4.65. The minimum Gasteiger partial charge on any atom is -0.497 e. The highest BCUT2D eigenvalue weighted by Crippen LogP contribution is 2.53. The molecule has 5 nitrogen and oxygen atoms in total. The quantitative estimate of drug-likeness (QED) is 0.691. The molecule has 0 aliphatic carbocycles. The summed E-state index contributed by atoms with van der Waals surface area (Å²) in [6.45, 7) is 2.22. The summed E-state index contributed by atoms with van der Waals surface area (Å²) in [6, 6.07) is 16.1. The van der Waals surface area contributed by atoms with Crippen LogP contribution in [0.4, 0.5) is 0 Å². The van der Waals surface area contributed by atoms with E-state index in [2.05, 4.69) is 51.2 Å². The normalized spacial score (nSPS) is 26.3. The molecule has 5 heteroatoms. The summed E-state index contributed by atoms with van der Waals surface area (Å²) < 4.78 is 11.3. The number of aromatic nitrogens is 1. The summed E-state index contributed by atoms with van der Waals surface area (Å²) in [5.74, 6) is 1.77. The van der Waals surface area contributed by atoms with E-state index < -0.39 is 0 Å². The summed E-state index contributed by atoms with van der Waals surface area (Å²) in [4.78, 5) is 9.28. The average Bonchev–Trinajstić information content (AvgIpc) is 3.34. The maximum atomic E-state index is 5.84. The molecule has 1 aromatic heterocycles. The molecule has 4 heterocycles. The first kappa shape index (κ1) is 18.3. The molecule has 3 aliphatic rings. The number of ether oxygens (including phenoxy) is 2. The number of methoxy groups -OCH3 is 2. The number of piperidine rings is 1. The van der Waals surface area contributed by atoms with Crippen LogP contribution in [0.2, 0.25) is 0 Å². The third-order valence-electron chi connectivity index (χ3n) is 7.42. The Labute approximate surface area is 177 Å². The van der Waals surface area contributed by atoms with Gasteiger partial charge in [0.05, 0.1) is 26.4 Å². The molecule has 1 N–H and O–H groups in total. The second kappa shape index (κ2) is 7.03. The predicted molar refractivity (Wildman–Crippen MR) is 118 cm³/mol. The number of H-pyrrole nitrogens is 1. The summed E-state index contributed by atoms with van der Waals surface area (Å²) in [5.41, 5.74) is 5.50. The van der Waals surface area contributed by atoms with E-state index in [0.717, 1.165) is 31.0 Å². The van der Waals surface area contributed by atoms with E-state index in [4.69, 9.17) is 9.47 Å². The SMILES string of the molecule is COc1ccc([C@H]2N3CCCC[C@@H]3[C@H]3c4[nH]c5ccccc5c4CCN23)c(OC)c1. The van der Waals surface area contributed by atoms with Crippen molar-refractivity contribution in [1.29, 1.82) is 0 Å². The van der Waals surface area contributed by atoms with Gasteiger partial charge in [-0.15, -0.1) is 0 Å². The highest BCUT2D eigenvalue weighted by Gasteiger charge is 2.52. The van der Waals surface area contributed by atoms with Gasteiger partial charge in [-0.3, -0.25) is 9.80 Å². The van der Waals surface area contributed by atoms with Gasteiger partial charge in [-0.05, 0) is 43.0 Å². The van der Waals surface area contributed by atoms with Crippen molar-refractivity contribution in [2.75, 3.05) is 27.3 Å². The number of fused-ring (bicyclic) bond motifs is 7. The Morgan fingerprint density at radius 1 is 0.967 bits per heavy atom. The molecule has 6 rings (SSSR count). The number of para-hydroxylation sites is 1. The minimum atomic E-state index is 0.251.